The maximum Gasteiger partial charge on any atom is 0.495 e. The first-order valence-electron chi connectivity index (χ1n) is 8.55. The number of benzene rings is 1. The van der Waals surface area contributed by atoms with E-state index in [0.29, 0.717) is 5.56 Å². The molecule has 0 aromatic heterocycles. The maximum absolute atomic E-state index is 12.9. The molecule has 136 valence electrons. The Morgan fingerprint density at radius 1 is 1.16 bits per heavy atom. The van der Waals surface area contributed by atoms with Crippen molar-refractivity contribution in [2.75, 3.05) is 0 Å². The van der Waals surface area contributed by atoms with Gasteiger partial charge in [-0.15, -0.1) is 0 Å². The summed E-state index contributed by atoms with van der Waals surface area (Å²) in [6.07, 6.45) is -0.576. The summed E-state index contributed by atoms with van der Waals surface area (Å²) in [5.41, 5.74) is 1.31. The van der Waals surface area contributed by atoms with Gasteiger partial charge in [0.1, 0.15) is 0 Å². The number of hydrogen-bond donors (Lipinski definition) is 1. The Hall–Kier alpha value is -1.47. The molecule has 1 heterocycles. The van der Waals surface area contributed by atoms with Crippen LogP contribution in [-0.2, 0) is 9.31 Å². The van der Waals surface area contributed by atoms with Crippen LogP contribution in [0.4, 0.5) is 8.78 Å². The summed E-state index contributed by atoms with van der Waals surface area (Å²) in [7, 11) is -0.493. The van der Waals surface area contributed by atoms with Gasteiger partial charge in [-0.1, -0.05) is 11.6 Å². The molecule has 3 rings (SSSR count). The quantitative estimate of drug-likeness (QED) is 0.852. The van der Waals surface area contributed by atoms with Gasteiger partial charge in [0.25, 0.3) is 11.8 Å². The fraction of sp³-hybridized carbons (Fsp3) is 0.611. The van der Waals surface area contributed by atoms with Gasteiger partial charge in [0, 0.05) is 24.4 Å². The zero-order chi connectivity index (χ0) is 18.6. The Kier molecular flexibility index (Phi) is 4.24. The van der Waals surface area contributed by atoms with Crippen molar-refractivity contribution in [2.24, 2.45) is 0 Å². The Bertz CT molecular complexity index is 682. The van der Waals surface area contributed by atoms with Crippen LogP contribution in [0.15, 0.2) is 18.2 Å². The number of carbonyl (C=O) groups excluding carboxylic acids is 1. The molecule has 0 spiro atoms. The van der Waals surface area contributed by atoms with Crippen LogP contribution >= 0.6 is 0 Å². The zero-order valence-electron chi connectivity index (χ0n) is 15.3. The molecule has 0 bridgehead atoms. The molecular formula is C18H24BF2NO3. The van der Waals surface area contributed by atoms with Gasteiger partial charge in [-0.3, -0.25) is 4.79 Å². The van der Waals surface area contributed by atoms with Crippen LogP contribution in [0, 0.1) is 6.92 Å². The second kappa shape index (κ2) is 5.78. The van der Waals surface area contributed by atoms with E-state index in [1.54, 1.807) is 12.1 Å². The minimum absolute atomic E-state index is 0.288. The summed E-state index contributed by atoms with van der Waals surface area (Å²) >= 11 is 0. The Morgan fingerprint density at radius 3 is 2.20 bits per heavy atom. The van der Waals surface area contributed by atoms with Gasteiger partial charge in [0.2, 0.25) is 0 Å². The molecule has 1 aromatic carbocycles. The fourth-order valence-electron chi connectivity index (χ4n) is 3.08. The van der Waals surface area contributed by atoms with Crippen LogP contribution in [0.1, 0.15) is 56.5 Å². The minimum atomic E-state index is -2.64. The van der Waals surface area contributed by atoms with Gasteiger partial charge in [-0.05, 0) is 52.2 Å². The molecule has 2 fully saturated rings. The monoisotopic (exact) mass is 351 g/mol. The summed E-state index contributed by atoms with van der Waals surface area (Å²) in [4.78, 5) is 12.2. The van der Waals surface area contributed by atoms with Crippen molar-refractivity contribution >= 4 is 18.5 Å². The molecule has 0 radical (unpaired) electrons. The second-order valence-electron chi connectivity index (χ2n) is 8.09. The van der Waals surface area contributed by atoms with Crippen LogP contribution < -0.4 is 10.8 Å². The van der Waals surface area contributed by atoms with E-state index in [-0.39, 0.29) is 18.7 Å². The lowest BCUT2D eigenvalue weighted by Gasteiger charge is -2.35. The average Bonchev–Trinajstić information content (AvgIpc) is 2.64. The molecule has 7 heteroatoms. The molecule has 0 unspecified atom stereocenters. The number of carbonyl (C=O) groups is 1. The number of amides is 1. The van der Waals surface area contributed by atoms with Gasteiger partial charge in [-0.25, -0.2) is 8.78 Å². The Balaban J connectivity index is 1.70. The van der Waals surface area contributed by atoms with Gasteiger partial charge < -0.3 is 14.6 Å². The topological polar surface area (TPSA) is 47.6 Å². The van der Waals surface area contributed by atoms with E-state index in [0.717, 1.165) is 11.0 Å². The third-order valence-corrected chi connectivity index (χ3v) is 5.46. The molecular weight excluding hydrogens is 327 g/mol. The first-order chi connectivity index (χ1) is 11.4. The van der Waals surface area contributed by atoms with Crippen molar-refractivity contribution in [3.05, 3.63) is 29.3 Å². The van der Waals surface area contributed by atoms with Crippen LogP contribution in [0.25, 0.3) is 0 Å². The van der Waals surface area contributed by atoms with E-state index >= 15 is 0 Å². The van der Waals surface area contributed by atoms with E-state index in [1.165, 1.54) is 0 Å². The highest BCUT2D eigenvalue weighted by Crippen LogP contribution is 2.38. The molecule has 1 N–H and O–H groups in total. The SMILES string of the molecule is Cc1cc(C(=O)NC2CC(F)(F)C2)ccc1B1OC(C)(C)C(C)(C)O1. The van der Waals surface area contributed by atoms with Crippen molar-refractivity contribution in [3.8, 4) is 0 Å². The molecule has 2 aliphatic rings. The average molecular weight is 351 g/mol. The van der Waals surface area contributed by atoms with Crippen molar-refractivity contribution in [1.29, 1.82) is 0 Å². The second-order valence-corrected chi connectivity index (χ2v) is 8.09. The molecule has 4 nitrogen and oxygen atoms in total. The lowest BCUT2D eigenvalue weighted by atomic mass is 9.76. The number of nitrogens with one attached hydrogen (secondary N) is 1. The molecule has 1 saturated heterocycles. The number of halogens is 2. The summed E-state index contributed by atoms with van der Waals surface area (Å²) < 4.78 is 37.8. The number of rotatable bonds is 3. The highest BCUT2D eigenvalue weighted by Gasteiger charge is 2.52. The lowest BCUT2D eigenvalue weighted by Crippen LogP contribution is -2.50. The van der Waals surface area contributed by atoms with Crippen molar-refractivity contribution in [3.63, 3.8) is 0 Å². The largest absolute Gasteiger partial charge is 0.495 e. The van der Waals surface area contributed by atoms with Crippen LogP contribution in [-0.4, -0.2) is 36.2 Å². The zero-order valence-corrected chi connectivity index (χ0v) is 15.3. The van der Waals surface area contributed by atoms with E-state index in [4.69, 9.17) is 9.31 Å². The van der Waals surface area contributed by atoms with Crippen LogP contribution in [0.5, 0.6) is 0 Å². The van der Waals surface area contributed by atoms with E-state index < -0.39 is 30.3 Å². The molecule has 0 atom stereocenters. The maximum atomic E-state index is 12.9. The Labute approximate surface area is 147 Å². The van der Waals surface area contributed by atoms with E-state index in [9.17, 15) is 13.6 Å². The first kappa shape index (κ1) is 18.3. The van der Waals surface area contributed by atoms with Gasteiger partial charge >= 0.3 is 7.12 Å². The van der Waals surface area contributed by atoms with E-state index in [1.807, 2.05) is 40.7 Å². The normalized spacial score (nSPS) is 24.0. The lowest BCUT2D eigenvalue weighted by molar-refractivity contribution is -0.0901. The van der Waals surface area contributed by atoms with Crippen LogP contribution in [0.3, 0.4) is 0 Å². The number of alkyl halides is 2. The summed E-state index contributed by atoms with van der Waals surface area (Å²) in [5.74, 6) is -2.97. The highest BCUT2D eigenvalue weighted by atomic mass is 19.3. The van der Waals surface area contributed by atoms with Gasteiger partial charge in [0.05, 0.1) is 11.2 Å². The van der Waals surface area contributed by atoms with Crippen LogP contribution in [0.2, 0.25) is 0 Å². The van der Waals surface area contributed by atoms with Crippen molar-refractivity contribution in [2.45, 2.75) is 70.6 Å². The predicted octanol–water partition coefficient (Wildman–Crippen LogP) is 2.82. The highest BCUT2D eigenvalue weighted by molar-refractivity contribution is 6.62. The molecule has 1 aliphatic carbocycles. The first-order valence-corrected chi connectivity index (χ1v) is 8.55. The van der Waals surface area contributed by atoms with Crippen molar-refractivity contribution < 1.29 is 22.9 Å². The minimum Gasteiger partial charge on any atom is -0.399 e. The van der Waals surface area contributed by atoms with Gasteiger partial charge in [-0.2, -0.15) is 0 Å². The van der Waals surface area contributed by atoms with E-state index in [2.05, 4.69) is 5.32 Å². The standard InChI is InChI=1S/C18H24BF2NO3/c1-11-8-12(15(23)22-13-9-18(20,21)10-13)6-7-14(11)19-24-16(2,3)17(4,5)25-19/h6-8,13H,9-10H2,1-5H3,(H,22,23). The molecule has 1 saturated carbocycles. The molecule has 1 aromatic rings. The third-order valence-electron chi connectivity index (χ3n) is 5.46. The molecule has 1 aliphatic heterocycles. The smallest absolute Gasteiger partial charge is 0.399 e. The third kappa shape index (κ3) is 3.44. The number of hydrogen-bond acceptors (Lipinski definition) is 3. The number of aryl methyl sites for hydroxylation is 1. The summed E-state index contributed by atoms with van der Waals surface area (Å²) in [6.45, 7) is 9.82. The Morgan fingerprint density at radius 2 is 1.72 bits per heavy atom. The summed E-state index contributed by atoms with van der Waals surface area (Å²) in [5, 5.41) is 2.65. The molecule has 25 heavy (non-hydrogen) atoms. The van der Waals surface area contributed by atoms with Gasteiger partial charge in [0.15, 0.2) is 0 Å². The molecule has 1 amide bonds. The predicted molar refractivity (Wildman–Crippen MR) is 92.3 cm³/mol. The fourth-order valence-corrected chi connectivity index (χ4v) is 3.08. The van der Waals surface area contributed by atoms with Crippen molar-refractivity contribution in [1.82, 2.24) is 5.32 Å². The summed E-state index contributed by atoms with van der Waals surface area (Å²) in [6, 6.07) is 4.78.